The van der Waals surface area contributed by atoms with Crippen molar-refractivity contribution in [3.8, 4) is 5.75 Å². The molecule has 0 amide bonds. The van der Waals surface area contributed by atoms with Crippen LogP contribution in [0.4, 0.5) is 5.69 Å². The van der Waals surface area contributed by atoms with E-state index in [-0.39, 0.29) is 6.04 Å². The topological polar surface area (TPSA) is 32.3 Å². The Bertz CT molecular complexity index is 572. The van der Waals surface area contributed by atoms with Crippen molar-refractivity contribution in [3.63, 3.8) is 0 Å². The molecule has 0 spiro atoms. The fourth-order valence-electron chi connectivity index (χ4n) is 2.19. The Hall–Kier alpha value is -1.48. The smallest absolute Gasteiger partial charge is 0.115 e. The molecule has 1 atom stereocenters. The number of rotatable bonds is 3. The van der Waals surface area contributed by atoms with Gasteiger partial charge in [0.2, 0.25) is 0 Å². The molecule has 19 heavy (non-hydrogen) atoms. The van der Waals surface area contributed by atoms with Gasteiger partial charge in [-0.1, -0.05) is 18.2 Å². The lowest BCUT2D eigenvalue weighted by molar-refractivity contribution is 0.474. The number of benzene rings is 2. The van der Waals surface area contributed by atoms with Crippen molar-refractivity contribution >= 4 is 21.6 Å². The molecule has 100 valence electrons. The van der Waals surface area contributed by atoms with E-state index in [0.29, 0.717) is 5.75 Å². The van der Waals surface area contributed by atoms with E-state index in [4.69, 9.17) is 0 Å². The summed E-state index contributed by atoms with van der Waals surface area (Å²) in [6.45, 7) is 6.26. The highest BCUT2D eigenvalue weighted by molar-refractivity contribution is 9.10. The number of aromatic hydroxyl groups is 1. The van der Waals surface area contributed by atoms with E-state index >= 15 is 0 Å². The molecule has 0 heterocycles. The Morgan fingerprint density at radius 3 is 2.53 bits per heavy atom. The predicted molar refractivity (Wildman–Crippen MR) is 83.8 cm³/mol. The van der Waals surface area contributed by atoms with Crippen LogP contribution in [0, 0.1) is 13.8 Å². The Kier molecular flexibility index (Phi) is 4.15. The number of hydrogen-bond donors (Lipinski definition) is 2. The summed E-state index contributed by atoms with van der Waals surface area (Å²) in [5, 5.41) is 13.0. The van der Waals surface area contributed by atoms with Gasteiger partial charge < -0.3 is 10.4 Å². The minimum atomic E-state index is 0.129. The maximum Gasteiger partial charge on any atom is 0.115 e. The van der Waals surface area contributed by atoms with Gasteiger partial charge in [-0.3, -0.25) is 0 Å². The largest absolute Gasteiger partial charge is 0.508 e. The van der Waals surface area contributed by atoms with Crippen molar-refractivity contribution in [3.05, 3.63) is 57.6 Å². The van der Waals surface area contributed by atoms with Crippen LogP contribution in [0.25, 0.3) is 0 Å². The first-order valence-electron chi connectivity index (χ1n) is 6.29. The third-order valence-corrected chi connectivity index (χ3v) is 3.79. The summed E-state index contributed by atoms with van der Waals surface area (Å²) in [6.07, 6.45) is 0. The Morgan fingerprint density at radius 2 is 1.89 bits per heavy atom. The molecular formula is C16H18BrNO. The van der Waals surface area contributed by atoms with E-state index < -0.39 is 0 Å². The number of phenols is 1. The number of aryl methyl sites for hydroxylation is 2. The normalized spacial score (nSPS) is 12.2. The molecule has 0 aliphatic rings. The van der Waals surface area contributed by atoms with Crippen LogP contribution in [-0.2, 0) is 0 Å². The van der Waals surface area contributed by atoms with E-state index in [9.17, 15) is 5.11 Å². The highest BCUT2D eigenvalue weighted by Gasteiger charge is 2.10. The molecular weight excluding hydrogens is 302 g/mol. The second-order valence-electron chi connectivity index (χ2n) is 4.90. The molecule has 2 rings (SSSR count). The average Bonchev–Trinajstić information content (AvgIpc) is 2.33. The van der Waals surface area contributed by atoms with Gasteiger partial charge in [-0.15, -0.1) is 0 Å². The maximum absolute atomic E-state index is 9.54. The van der Waals surface area contributed by atoms with Gasteiger partial charge in [0.05, 0.1) is 5.69 Å². The van der Waals surface area contributed by atoms with Gasteiger partial charge in [-0.25, -0.2) is 0 Å². The molecule has 3 heteroatoms. The zero-order chi connectivity index (χ0) is 14.0. The third kappa shape index (κ3) is 3.29. The lowest BCUT2D eigenvalue weighted by Crippen LogP contribution is -2.08. The van der Waals surface area contributed by atoms with Crippen molar-refractivity contribution in [1.29, 1.82) is 0 Å². The van der Waals surface area contributed by atoms with E-state index in [1.54, 1.807) is 12.1 Å². The standard InChI is InChI=1S/C16H18BrNO/c1-10-7-11(2)16(15(17)8-10)18-12(3)13-5-4-6-14(19)9-13/h4-9,12,18-19H,1-3H3. The van der Waals surface area contributed by atoms with Crippen LogP contribution in [-0.4, -0.2) is 5.11 Å². The quantitative estimate of drug-likeness (QED) is 0.839. The fraction of sp³-hybridized carbons (Fsp3) is 0.250. The van der Waals surface area contributed by atoms with Crippen LogP contribution in [0.3, 0.4) is 0 Å². The Labute approximate surface area is 122 Å². The van der Waals surface area contributed by atoms with Gasteiger partial charge in [-0.05, 0) is 71.6 Å². The van der Waals surface area contributed by atoms with Gasteiger partial charge in [0.1, 0.15) is 5.75 Å². The maximum atomic E-state index is 9.54. The fourth-order valence-corrected chi connectivity index (χ4v) is 2.98. The minimum absolute atomic E-state index is 0.129. The summed E-state index contributed by atoms with van der Waals surface area (Å²) in [6, 6.07) is 11.7. The first kappa shape index (κ1) is 13.9. The van der Waals surface area contributed by atoms with Crippen LogP contribution in [0.15, 0.2) is 40.9 Å². The first-order chi connectivity index (χ1) is 8.97. The van der Waals surface area contributed by atoms with Gasteiger partial charge in [0.25, 0.3) is 0 Å². The summed E-state index contributed by atoms with van der Waals surface area (Å²) in [5.74, 6) is 0.297. The molecule has 0 saturated carbocycles. The number of phenolic OH excluding ortho intramolecular Hbond substituents is 1. The molecule has 0 aliphatic heterocycles. The summed E-state index contributed by atoms with van der Waals surface area (Å²) < 4.78 is 1.07. The van der Waals surface area contributed by atoms with Crippen molar-refractivity contribution in [2.24, 2.45) is 0 Å². The lowest BCUT2D eigenvalue weighted by Gasteiger charge is -2.19. The highest BCUT2D eigenvalue weighted by Crippen LogP contribution is 2.31. The van der Waals surface area contributed by atoms with Gasteiger partial charge in [-0.2, -0.15) is 0 Å². The number of anilines is 1. The molecule has 2 N–H and O–H groups in total. The average molecular weight is 320 g/mol. The summed E-state index contributed by atoms with van der Waals surface area (Å²) in [7, 11) is 0. The predicted octanol–water partition coefficient (Wildman–Crippen LogP) is 4.94. The summed E-state index contributed by atoms with van der Waals surface area (Å²) >= 11 is 3.60. The van der Waals surface area contributed by atoms with E-state index in [0.717, 1.165) is 15.7 Å². The van der Waals surface area contributed by atoms with Crippen LogP contribution in [0.2, 0.25) is 0 Å². The van der Waals surface area contributed by atoms with Crippen LogP contribution < -0.4 is 5.32 Å². The molecule has 0 aliphatic carbocycles. The molecule has 0 saturated heterocycles. The summed E-state index contributed by atoms with van der Waals surface area (Å²) in [5.41, 5.74) is 4.60. The Balaban J connectivity index is 2.26. The van der Waals surface area contributed by atoms with E-state index in [1.807, 2.05) is 12.1 Å². The first-order valence-corrected chi connectivity index (χ1v) is 7.09. The second-order valence-corrected chi connectivity index (χ2v) is 5.75. The number of halogens is 1. The highest BCUT2D eigenvalue weighted by atomic mass is 79.9. The van der Waals surface area contributed by atoms with Crippen molar-refractivity contribution in [2.75, 3.05) is 5.32 Å². The second kappa shape index (κ2) is 5.66. The molecule has 2 nitrogen and oxygen atoms in total. The van der Waals surface area contributed by atoms with Gasteiger partial charge >= 0.3 is 0 Å². The zero-order valence-corrected chi connectivity index (χ0v) is 13.0. The lowest BCUT2D eigenvalue weighted by atomic mass is 10.1. The van der Waals surface area contributed by atoms with Crippen molar-refractivity contribution in [2.45, 2.75) is 26.8 Å². The monoisotopic (exact) mass is 319 g/mol. The molecule has 1 unspecified atom stereocenters. The van der Waals surface area contributed by atoms with Crippen molar-refractivity contribution < 1.29 is 5.11 Å². The minimum Gasteiger partial charge on any atom is -0.508 e. The summed E-state index contributed by atoms with van der Waals surface area (Å²) in [4.78, 5) is 0. The van der Waals surface area contributed by atoms with E-state index in [2.05, 4.69) is 54.2 Å². The molecule has 2 aromatic carbocycles. The van der Waals surface area contributed by atoms with Crippen LogP contribution >= 0.6 is 15.9 Å². The van der Waals surface area contributed by atoms with Gasteiger partial charge in [0, 0.05) is 10.5 Å². The van der Waals surface area contributed by atoms with Crippen LogP contribution in [0.5, 0.6) is 5.75 Å². The zero-order valence-electron chi connectivity index (χ0n) is 11.4. The SMILES string of the molecule is Cc1cc(C)c(NC(C)c2cccc(O)c2)c(Br)c1. The number of nitrogens with one attached hydrogen (secondary N) is 1. The Morgan fingerprint density at radius 1 is 1.16 bits per heavy atom. The molecule has 0 bridgehead atoms. The number of hydrogen-bond acceptors (Lipinski definition) is 2. The molecule has 2 aromatic rings. The van der Waals surface area contributed by atoms with Crippen LogP contribution in [0.1, 0.15) is 29.7 Å². The van der Waals surface area contributed by atoms with E-state index in [1.165, 1.54) is 11.1 Å². The molecule has 0 fully saturated rings. The molecule has 0 radical (unpaired) electrons. The molecule has 0 aromatic heterocycles. The van der Waals surface area contributed by atoms with Gasteiger partial charge in [0.15, 0.2) is 0 Å². The van der Waals surface area contributed by atoms with Crippen molar-refractivity contribution in [1.82, 2.24) is 0 Å². The third-order valence-electron chi connectivity index (χ3n) is 3.16.